The van der Waals surface area contributed by atoms with E-state index < -0.39 is 0 Å². The van der Waals surface area contributed by atoms with E-state index in [1.807, 2.05) is 57.3 Å². The van der Waals surface area contributed by atoms with Gasteiger partial charge in [0.15, 0.2) is 11.7 Å². The highest BCUT2D eigenvalue weighted by atomic mass is 32.1. The number of hydrogen-bond acceptors (Lipinski definition) is 5. The van der Waals surface area contributed by atoms with E-state index in [1.54, 1.807) is 0 Å². The molecule has 0 saturated heterocycles. The summed E-state index contributed by atoms with van der Waals surface area (Å²) in [6, 6.07) is 7.83. The van der Waals surface area contributed by atoms with Crippen molar-refractivity contribution in [2.24, 2.45) is 0 Å². The maximum atomic E-state index is 12.1. The average molecular weight is 356 g/mol. The standard InChI is InChI=1S/C19H20N2O3S/c1-11-6-5-7-12(2)18(11)23-9-17(22)21-19-20-16(10-25-19)15-8-13(3)24-14(15)4/h5-8,10H,9H2,1-4H3,(H,20,21,22). The first-order valence-corrected chi connectivity index (χ1v) is 8.84. The predicted molar refractivity (Wildman–Crippen MR) is 99.3 cm³/mol. The number of rotatable bonds is 5. The van der Waals surface area contributed by atoms with Gasteiger partial charge in [-0.25, -0.2) is 4.98 Å². The minimum Gasteiger partial charge on any atom is -0.483 e. The van der Waals surface area contributed by atoms with Gasteiger partial charge in [0.05, 0.1) is 5.69 Å². The maximum absolute atomic E-state index is 12.1. The fraction of sp³-hybridized carbons (Fsp3) is 0.263. The van der Waals surface area contributed by atoms with Gasteiger partial charge in [-0.3, -0.25) is 10.1 Å². The highest BCUT2D eigenvalue weighted by Gasteiger charge is 2.13. The zero-order valence-corrected chi connectivity index (χ0v) is 15.5. The highest BCUT2D eigenvalue weighted by molar-refractivity contribution is 7.14. The van der Waals surface area contributed by atoms with Crippen molar-refractivity contribution < 1.29 is 13.9 Å². The predicted octanol–water partition coefficient (Wildman–Crippen LogP) is 4.65. The summed E-state index contributed by atoms with van der Waals surface area (Å²) in [7, 11) is 0. The molecule has 0 aliphatic rings. The average Bonchev–Trinajstić information content (AvgIpc) is 3.12. The van der Waals surface area contributed by atoms with E-state index in [4.69, 9.17) is 9.15 Å². The van der Waals surface area contributed by atoms with Gasteiger partial charge in [-0.1, -0.05) is 18.2 Å². The van der Waals surface area contributed by atoms with E-state index in [0.29, 0.717) is 5.13 Å². The smallest absolute Gasteiger partial charge is 0.264 e. The summed E-state index contributed by atoms with van der Waals surface area (Å²) in [5.74, 6) is 2.18. The van der Waals surface area contributed by atoms with Crippen molar-refractivity contribution in [2.75, 3.05) is 11.9 Å². The first-order valence-electron chi connectivity index (χ1n) is 7.96. The molecule has 0 aliphatic heterocycles. The van der Waals surface area contributed by atoms with Crippen molar-refractivity contribution in [1.82, 2.24) is 4.98 Å². The molecule has 5 nitrogen and oxygen atoms in total. The molecule has 6 heteroatoms. The van der Waals surface area contributed by atoms with Crippen LogP contribution in [0.1, 0.15) is 22.6 Å². The Morgan fingerprint density at radius 3 is 2.60 bits per heavy atom. The Morgan fingerprint density at radius 1 is 1.24 bits per heavy atom. The van der Waals surface area contributed by atoms with Crippen molar-refractivity contribution in [3.05, 3.63) is 52.3 Å². The fourth-order valence-electron chi connectivity index (χ4n) is 2.66. The molecule has 0 aliphatic carbocycles. The largest absolute Gasteiger partial charge is 0.483 e. The van der Waals surface area contributed by atoms with Crippen LogP contribution in [0.3, 0.4) is 0 Å². The van der Waals surface area contributed by atoms with Crippen molar-refractivity contribution >= 4 is 22.4 Å². The minimum atomic E-state index is -0.233. The van der Waals surface area contributed by atoms with Gasteiger partial charge in [0.2, 0.25) is 0 Å². The third-order valence-corrected chi connectivity index (χ3v) is 4.58. The number of thiazole rings is 1. The number of para-hydroxylation sites is 1. The number of benzene rings is 1. The molecule has 130 valence electrons. The van der Waals surface area contributed by atoms with Crippen molar-refractivity contribution in [1.29, 1.82) is 0 Å². The summed E-state index contributed by atoms with van der Waals surface area (Å²) in [4.78, 5) is 16.6. The van der Waals surface area contributed by atoms with Gasteiger partial charge in [0, 0.05) is 10.9 Å². The molecule has 0 radical (unpaired) electrons. The lowest BCUT2D eigenvalue weighted by Crippen LogP contribution is -2.20. The van der Waals surface area contributed by atoms with Gasteiger partial charge in [-0.2, -0.15) is 0 Å². The third-order valence-electron chi connectivity index (χ3n) is 3.82. The van der Waals surface area contributed by atoms with Crippen LogP contribution < -0.4 is 10.1 Å². The summed E-state index contributed by atoms with van der Waals surface area (Å²) in [5.41, 5.74) is 3.76. The number of aromatic nitrogens is 1. The second-order valence-electron chi connectivity index (χ2n) is 5.92. The van der Waals surface area contributed by atoms with E-state index in [0.717, 1.165) is 39.7 Å². The first-order chi connectivity index (χ1) is 11.9. The molecule has 0 unspecified atom stereocenters. The molecule has 2 aromatic heterocycles. The van der Waals surface area contributed by atoms with Crippen LogP contribution in [-0.4, -0.2) is 17.5 Å². The van der Waals surface area contributed by atoms with Gasteiger partial charge in [-0.15, -0.1) is 11.3 Å². The van der Waals surface area contributed by atoms with Crippen LogP contribution in [0.5, 0.6) is 5.75 Å². The zero-order valence-electron chi connectivity index (χ0n) is 14.7. The minimum absolute atomic E-state index is 0.0511. The number of amides is 1. The molecule has 0 spiro atoms. The number of hydrogen-bond donors (Lipinski definition) is 1. The van der Waals surface area contributed by atoms with Gasteiger partial charge in [0.25, 0.3) is 5.91 Å². The molecular weight excluding hydrogens is 336 g/mol. The second kappa shape index (κ2) is 7.11. The van der Waals surface area contributed by atoms with Crippen LogP contribution in [0.25, 0.3) is 11.3 Å². The van der Waals surface area contributed by atoms with Crippen molar-refractivity contribution in [3.8, 4) is 17.0 Å². The Balaban J connectivity index is 1.63. The van der Waals surface area contributed by atoms with Crippen LogP contribution in [-0.2, 0) is 4.79 Å². The fourth-order valence-corrected chi connectivity index (χ4v) is 3.39. The Morgan fingerprint density at radius 2 is 1.96 bits per heavy atom. The van der Waals surface area contributed by atoms with Gasteiger partial charge >= 0.3 is 0 Å². The number of carbonyl (C=O) groups excluding carboxylic acids is 1. The number of anilines is 1. The Hall–Kier alpha value is -2.60. The Bertz CT molecular complexity index is 891. The zero-order chi connectivity index (χ0) is 18.0. The van der Waals surface area contributed by atoms with Crippen LogP contribution in [0.15, 0.2) is 34.1 Å². The third kappa shape index (κ3) is 3.91. The van der Waals surface area contributed by atoms with Gasteiger partial charge in [0.1, 0.15) is 17.3 Å². The number of aryl methyl sites for hydroxylation is 4. The molecule has 0 saturated carbocycles. The molecule has 1 N–H and O–H groups in total. The van der Waals surface area contributed by atoms with E-state index in [1.165, 1.54) is 11.3 Å². The molecule has 1 amide bonds. The summed E-state index contributed by atoms with van der Waals surface area (Å²) >= 11 is 1.38. The number of carbonyl (C=O) groups is 1. The molecule has 3 aromatic rings. The molecule has 1 aromatic carbocycles. The summed E-state index contributed by atoms with van der Waals surface area (Å²) in [5, 5.41) is 5.23. The lowest BCUT2D eigenvalue weighted by atomic mass is 10.1. The lowest BCUT2D eigenvalue weighted by Gasteiger charge is -2.11. The molecule has 0 fully saturated rings. The molecule has 2 heterocycles. The van der Waals surface area contributed by atoms with Gasteiger partial charge in [-0.05, 0) is 44.9 Å². The molecule has 3 rings (SSSR count). The SMILES string of the molecule is Cc1cc(-c2csc(NC(=O)COc3c(C)cccc3C)n2)c(C)o1. The Kier molecular flexibility index (Phi) is 4.90. The van der Waals surface area contributed by atoms with E-state index in [-0.39, 0.29) is 12.5 Å². The summed E-state index contributed by atoms with van der Waals surface area (Å²) in [6.45, 7) is 7.67. The number of ether oxygens (including phenoxy) is 1. The van der Waals surface area contributed by atoms with Crippen molar-refractivity contribution in [2.45, 2.75) is 27.7 Å². The number of furan rings is 1. The van der Waals surface area contributed by atoms with Crippen LogP contribution in [0.4, 0.5) is 5.13 Å². The second-order valence-corrected chi connectivity index (χ2v) is 6.78. The molecule has 25 heavy (non-hydrogen) atoms. The topological polar surface area (TPSA) is 64.4 Å². The summed E-state index contributed by atoms with van der Waals surface area (Å²) < 4.78 is 11.2. The van der Waals surface area contributed by atoms with E-state index in [9.17, 15) is 4.79 Å². The normalized spacial score (nSPS) is 10.7. The van der Waals surface area contributed by atoms with Gasteiger partial charge < -0.3 is 9.15 Å². The van der Waals surface area contributed by atoms with Crippen LogP contribution >= 0.6 is 11.3 Å². The number of nitrogens with one attached hydrogen (secondary N) is 1. The van der Waals surface area contributed by atoms with E-state index >= 15 is 0 Å². The Labute approximate surface area is 150 Å². The molecular formula is C19H20N2O3S. The monoisotopic (exact) mass is 356 g/mol. The quantitative estimate of drug-likeness (QED) is 0.722. The summed E-state index contributed by atoms with van der Waals surface area (Å²) in [6.07, 6.45) is 0. The lowest BCUT2D eigenvalue weighted by molar-refractivity contribution is -0.118. The maximum Gasteiger partial charge on any atom is 0.264 e. The van der Waals surface area contributed by atoms with Crippen LogP contribution in [0.2, 0.25) is 0 Å². The van der Waals surface area contributed by atoms with E-state index in [2.05, 4.69) is 10.3 Å². The highest BCUT2D eigenvalue weighted by Crippen LogP contribution is 2.29. The number of nitrogens with zero attached hydrogens (tertiary/aromatic N) is 1. The van der Waals surface area contributed by atoms with Crippen LogP contribution in [0, 0.1) is 27.7 Å². The van der Waals surface area contributed by atoms with Crippen molar-refractivity contribution in [3.63, 3.8) is 0 Å². The molecule has 0 atom stereocenters. The molecule has 0 bridgehead atoms. The first kappa shape index (κ1) is 17.2.